The van der Waals surface area contributed by atoms with E-state index in [1.165, 1.54) is 0 Å². The molecule has 0 aliphatic heterocycles. The Morgan fingerprint density at radius 2 is 1.29 bits per heavy atom. The van der Waals surface area contributed by atoms with Crippen LogP contribution in [0.25, 0.3) is 0 Å². The summed E-state index contributed by atoms with van der Waals surface area (Å²) < 4.78 is 0. The van der Waals surface area contributed by atoms with Crippen LogP contribution in [0, 0.1) is 22.2 Å². The number of hydrogen-bond donors (Lipinski definition) is 2. The SMILES string of the molecule is CCC(CC)(NC(=O)C(C)(C)C)C(C)CCC(C)(C)C(=O)NC(C)C(C)(C)C. The van der Waals surface area contributed by atoms with Gasteiger partial charge >= 0.3 is 0 Å². The summed E-state index contributed by atoms with van der Waals surface area (Å²) in [5, 5.41) is 6.54. The zero-order valence-electron chi connectivity index (χ0n) is 20.8. The third kappa shape index (κ3) is 7.40. The van der Waals surface area contributed by atoms with E-state index in [4.69, 9.17) is 0 Å². The molecule has 0 aliphatic carbocycles. The van der Waals surface area contributed by atoms with Crippen LogP contribution < -0.4 is 10.6 Å². The van der Waals surface area contributed by atoms with Gasteiger partial charge in [0, 0.05) is 22.4 Å². The van der Waals surface area contributed by atoms with Gasteiger partial charge in [-0.25, -0.2) is 0 Å². The lowest BCUT2D eigenvalue weighted by atomic mass is 9.73. The summed E-state index contributed by atoms with van der Waals surface area (Å²) in [4.78, 5) is 25.5. The minimum absolute atomic E-state index is 0.0375. The fraction of sp³-hybridized carbons (Fsp3) is 0.917. The van der Waals surface area contributed by atoms with E-state index in [-0.39, 0.29) is 28.8 Å². The van der Waals surface area contributed by atoms with E-state index in [2.05, 4.69) is 59.1 Å². The smallest absolute Gasteiger partial charge is 0.225 e. The van der Waals surface area contributed by atoms with E-state index in [1.54, 1.807) is 0 Å². The number of rotatable bonds is 9. The van der Waals surface area contributed by atoms with Crippen LogP contribution in [0.1, 0.15) is 109 Å². The topological polar surface area (TPSA) is 58.2 Å². The number of carbonyl (C=O) groups excluding carboxylic acids is 2. The summed E-state index contributed by atoms with van der Waals surface area (Å²) in [6.07, 6.45) is 3.47. The van der Waals surface area contributed by atoms with Gasteiger partial charge < -0.3 is 10.6 Å². The molecule has 0 fully saturated rings. The Morgan fingerprint density at radius 3 is 1.64 bits per heavy atom. The molecule has 0 saturated carbocycles. The van der Waals surface area contributed by atoms with E-state index in [0.29, 0.717) is 5.92 Å². The van der Waals surface area contributed by atoms with Gasteiger partial charge in [-0.1, -0.05) is 76.2 Å². The highest BCUT2D eigenvalue weighted by atomic mass is 16.2. The van der Waals surface area contributed by atoms with E-state index in [9.17, 15) is 9.59 Å². The van der Waals surface area contributed by atoms with Crippen molar-refractivity contribution < 1.29 is 9.59 Å². The second-order valence-electron chi connectivity index (χ2n) is 11.5. The largest absolute Gasteiger partial charge is 0.353 e. The van der Waals surface area contributed by atoms with Crippen molar-refractivity contribution in [1.29, 1.82) is 0 Å². The molecule has 2 amide bonds. The van der Waals surface area contributed by atoms with Crippen LogP contribution in [0.3, 0.4) is 0 Å². The van der Waals surface area contributed by atoms with E-state index < -0.39 is 10.8 Å². The highest BCUT2D eigenvalue weighted by Crippen LogP contribution is 2.34. The molecule has 4 nitrogen and oxygen atoms in total. The fourth-order valence-corrected chi connectivity index (χ4v) is 3.24. The fourth-order valence-electron chi connectivity index (χ4n) is 3.24. The number of nitrogens with one attached hydrogen (secondary N) is 2. The van der Waals surface area contributed by atoms with Gasteiger partial charge in [-0.2, -0.15) is 0 Å². The maximum Gasteiger partial charge on any atom is 0.225 e. The zero-order chi connectivity index (χ0) is 22.6. The van der Waals surface area contributed by atoms with Crippen LogP contribution in [0.15, 0.2) is 0 Å². The second kappa shape index (κ2) is 9.63. The van der Waals surface area contributed by atoms with Crippen molar-refractivity contribution in [3.8, 4) is 0 Å². The quantitative estimate of drug-likeness (QED) is 0.525. The first-order chi connectivity index (χ1) is 12.4. The van der Waals surface area contributed by atoms with Crippen LogP contribution in [0.4, 0.5) is 0 Å². The highest BCUT2D eigenvalue weighted by molar-refractivity contribution is 5.82. The minimum Gasteiger partial charge on any atom is -0.353 e. The van der Waals surface area contributed by atoms with Gasteiger partial charge in [0.25, 0.3) is 0 Å². The molecule has 166 valence electrons. The lowest BCUT2D eigenvalue weighted by Gasteiger charge is -2.41. The molecule has 2 N–H and O–H groups in total. The molecule has 28 heavy (non-hydrogen) atoms. The molecule has 0 rings (SSSR count). The number of amides is 2. The molecule has 2 atom stereocenters. The van der Waals surface area contributed by atoms with Crippen molar-refractivity contribution in [3.63, 3.8) is 0 Å². The summed E-state index contributed by atoms with van der Waals surface area (Å²) in [5.74, 6) is 0.499. The van der Waals surface area contributed by atoms with Crippen molar-refractivity contribution in [2.75, 3.05) is 0 Å². The molecule has 0 radical (unpaired) electrons. The monoisotopic (exact) mass is 396 g/mol. The van der Waals surface area contributed by atoms with Gasteiger partial charge in [0.1, 0.15) is 0 Å². The van der Waals surface area contributed by atoms with Crippen molar-refractivity contribution in [2.45, 2.75) is 120 Å². The molecular formula is C24H48N2O2. The zero-order valence-corrected chi connectivity index (χ0v) is 20.8. The normalized spacial score (nSPS) is 15.7. The summed E-state index contributed by atoms with van der Waals surface area (Å²) in [5.41, 5.74) is -1.03. The third-order valence-corrected chi connectivity index (χ3v) is 6.71. The highest BCUT2D eigenvalue weighted by Gasteiger charge is 2.39. The number of hydrogen-bond acceptors (Lipinski definition) is 2. The van der Waals surface area contributed by atoms with Crippen LogP contribution >= 0.6 is 0 Å². The minimum atomic E-state index is -0.435. The molecule has 0 aromatic carbocycles. The molecule has 0 heterocycles. The Morgan fingerprint density at radius 1 is 0.821 bits per heavy atom. The first-order valence-corrected chi connectivity index (χ1v) is 11.1. The Kier molecular flexibility index (Phi) is 9.26. The molecule has 2 unspecified atom stereocenters. The summed E-state index contributed by atoms with van der Waals surface area (Å²) in [6, 6.07) is 0.119. The molecule has 0 spiro atoms. The van der Waals surface area contributed by atoms with Crippen LogP contribution in [0.2, 0.25) is 0 Å². The van der Waals surface area contributed by atoms with Gasteiger partial charge in [0.05, 0.1) is 0 Å². The molecule has 0 bridgehead atoms. The molecular weight excluding hydrogens is 348 g/mol. The molecule has 0 aromatic rings. The van der Waals surface area contributed by atoms with E-state index >= 15 is 0 Å². The third-order valence-electron chi connectivity index (χ3n) is 6.71. The summed E-state index contributed by atoms with van der Waals surface area (Å²) in [7, 11) is 0. The maximum atomic E-state index is 12.9. The molecule has 0 saturated heterocycles. The van der Waals surface area contributed by atoms with Crippen LogP contribution in [-0.2, 0) is 9.59 Å². The molecule has 4 heteroatoms. The maximum absolute atomic E-state index is 12.9. The van der Waals surface area contributed by atoms with Gasteiger partial charge in [-0.05, 0) is 43.9 Å². The van der Waals surface area contributed by atoms with Crippen molar-refractivity contribution in [2.24, 2.45) is 22.2 Å². The second-order valence-corrected chi connectivity index (χ2v) is 11.5. The molecule has 0 aromatic heterocycles. The Labute approximate surface area is 175 Å². The van der Waals surface area contributed by atoms with E-state index in [1.807, 2.05) is 34.6 Å². The standard InChI is InChI=1S/C24H48N2O2/c1-13-24(14-2,26-19(27)22(8,9)10)17(3)15-16-23(11,12)20(28)25-18(4)21(5,6)7/h17-18H,13-16H2,1-12H3,(H,25,28)(H,26,27). The first-order valence-electron chi connectivity index (χ1n) is 11.1. The van der Waals surface area contributed by atoms with Crippen molar-refractivity contribution in [3.05, 3.63) is 0 Å². The lowest BCUT2D eigenvalue weighted by Crippen LogP contribution is -2.55. The first kappa shape index (κ1) is 26.9. The van der Waals surface area contributed by atoms with Gasteiger partial charge in [0.2, 0.25) is 11.8 Å². The summed E-state index contributed by atoms with van der Waals surface area (Å²) in [6.45, 7) is 24.9. The lowest BCUT2D eigenvalue weighted by molar-refractivity contribution is -0.133. The predicted octanol–water partition coefficient (Wildman–Crippen LogP) is 5.70. The average Bonchev–Trinajstić information content (AvgIpc) is 2.55. The van der Waals surface area contributed by atoms with Crippen molar-refractivity contribution >= 4 is 11.8 Å². The van der Waals surface area contributed by atoms with Gasteiger partial charge in [-0.15, -0.1) is 0 Å². The van der Waals surface area contributed by atoms with E-state index in [0.717, 1.165) is 25.7 Å². The Hall–Kier alpha value is -1.06. The van der Waals surface area contributed by atoms with Gasteiger partial charge in [-0.3, -0.25) is 9.59 Å². The van der Waals surface area contributed by atoms with Crippen LogP contribution in [0.5, 0.6) is 0 Å². The summed E-state index contributed by atoms with van der Waals surface area (Å²) >= 11 is 0. The number of carbonyl (C=O) groups is 2. The van der Waals surface area contributed by atoms with Crippen molar-refractivity contribution in [1.82, 2.24) is 10.6 Å². The molecule has 0 aliphatic rings. The average molecular weight is 397 g/mol. The Bertz CT molecular complexity index is 520. The van der Waals surface area contributed by atoms with Gasteiger partial charge in [0.15, 0.2) is 0 Å². The Balaban J connectivity index is 5.16. The van der Waals surface area contributed by atoms with Crippen LogP contribution in [-0.4, -0.2) is 23.4 Å². The predicted molar refractivity (Wildman–Crippen MR) is 120 cm³/mol.